The molecule has 0 saturated carbocycles. The fourth-order valence-corrected chi connectivity index (χ4v) is 3.27. The monoisotopic (exact) mass is 392 g/mol. The lowest BCUT2D eigenvalue weighted by Gasteiger charge is -2.10. The normalized spacial score (nSPS) is 11.2. The van der Waals surface area contributed by atoms with Gasteiger partial charge in [-0.25, -0.2) is 13.1 Å². The summed E-state index contributed by atoms with van der Waals surface area (Å²) in [6.07, 6.45) is 0. The summed E-state index contributed by atoms with van der Waals surface area (Å²) < 4.78 is 36.9. The van der Waals surface area contributed by atoms with Gasteiger partial charge in [0.1, 0.15) is 5.75 Å². The molecule has 0 saturated heterocycles. The van der Waals surface area contributed by atoms with E-state index in [1.807, 2.05) is 31.2 Å². The van der Waals surface area contributed by atoms with E-state index in [1.54, 1.807) is 12.1 Å². The van der Waals surface area contributed by atoms with Crippen molar-refractivity contribution < 1.29 is 22.7 Å². The zero-order chi connectivity index (χ0) is 19.7. The van der Waals surface area contributed by atoms with Gasteiger partial charge in [-0.15, -0.1) is 0 Å². The molecular weight excluding hydrogens is 368 g/mol. The van der Waals surface area contributed by atoms with E-state index >= 15 is 0 Å². The molecule has 0 atom stereocenters. The van der Waals surface area contributed by atoms with Gasteiger partial charge in [0, 0.05) is 20.2 Å². The lowest BCUT2D eigenvalue weighted by molar-refractivity contribution is -0.123. The second kappa shape index (κ2) is 10.1. The van der Waals surface area contributed by atoms with E-state index in [-0.39, 0.29) is 30.5 Å². The lowest BCUT2D eigenvalue weighted by Crippen LogP contribution is -2.28. The molecule has 8 heteroatoms. The number of ether oxygens (including phenoxy) is 2. The molecule has 0 unspecified atom stereocenters. The number of sulfonamides is 1. The molecule has 0 heterocycles. The van der Waals surface area contributed by atoms with Crippen LogP contribution in [0.15, 0.2) is 53.4 Å². The standard InChI is InChI=1S/C19H24N2O5S/c1-15-5-3-4-6-18(15)26-14-19(22)20-13-16-7-9-17(10-8-16)27(23,24)21-11-12-25-2/h3-10,21H,11-14H2,1-2H3,(H,20,22). The Morgan fingerprint density at radius 3 is 2.44 bits per heavy atom. The Balaban J connectivity index is 1.82. The molecular formula is C19H24N2O5S. The van der Waals surface area contributed by atoms with Crippen LogP contribution in [0.5, 0.6) is 5.75 Å². The van der Waals surface area contributed by atoms with Crippen LogP contribution in [0, 0.1) is 6.92 Å². The van der Waals surface area contributed by atoms with Crippen LogP contribution in [0.1, 0.15) is 11.1 Å². The fraction of sp³-hybridized carbons (Fsp3) is 0.316. The molecule has 2 N–H and O–H groups in total. The number of benzene rings is 2. The van der Waals surface area contributed by atoms with Crippen LogP contribution in [0.3, 0.4) is 0 Å². The van der Waals surface area contributed by atoms with Gasteiger partial charge in [-0.05, 0) is 36.2 Å². The predicted molar refractivity (Wildman–Crippen MR) is 102 cm³/mol. The summed E-state index contributed by atoms with van der Waals surface area (Å²) in [5.41, 5.74) is 1.75. The van der Waals surface area contributed by atoms with Crippen molar-refractivity contribution in [2.24, 2.45) is 0 Å². The number of rotatable bonds is 10. The third-order valence-corrected chi connectivity index (χ3v) is 5.25. The highest BCUT2D eigenvalue weighted by Gasteiger charge is 2.13. The van der Waals surface area contributed by atoms with Crippen molar-refractivity contribution in [1.82, 2.24) is 10.0 Å². The van der Waals surface area contributed by atoms with Gasteiger partial charge in [0.05, 0.1) is 11.5 Å². The number of amides is 1. The van der Waals surface area contributed by atoms with E-state index < -0.39 is 10.0 Å². The molecule has 0 aliphatic carbocycles. The van der Waals surface area contributed by atoms with Crippen molar-refractivity contribution in [2.45, 2.75) is 18.4 Å². The minimum atomic E-state index is -3.56. The summed E-state index contributed by atoms with van der Waals surface area (Å²) in [4.78, 5) is 12.1. The van der Waals surface area contributed by atoms with Gasteiger partial charge >= 0.3 is 0 Å². The first-order chi connectivity index (χ1) is 12.9. The Bertz CT molecular complexity index is 851. The van der Waals surface area contributed by atoms with Crippen molar-refractivity contribution >= 4 is 15.9 Å². The molecule has 27 heavy (non-hydrogen) atoms. The van der Waals surface area contributed by atoms with E-state index in [4.69, 9.17) is 9.47 Å². The van der Waals surface area contributed by atoms with Gasteiger partial charge in [-0.1, -0.05) is 30.3 Å². The van der Waals surface area contributed by atoms with E-state index in [2.05, 4.69) is 10.0 Å². The predicted octanol–water partition coefficient (Wildman–Crippen LogP) is 1.61. The number of aryl methyl sites for hydroxylation is 1. The van der Waals surface area contributed by atoms with E-state index in [0.717, 1.165) is 11.1 Å². The highest BCUT2D eigenvalue weighted by atomic mass is 32.2. The lowest BCUT2D eigenvalue weighted by atomic mass is 10.2. The number of para-hydroxylation sites is 1. The first kappa shape index (κ1) is 20.9. The Labute approximate surface area is 159 Å². The highest BCUT2D eigenvalue weighted by molar-refractivity contribution is 7.89. The van der Waals surface area contributed by atoms with E-state index in [1.165, 1.54) is 19.2 Å². The summed E-state index contributed by atoms with van der Waals surface area (Å²) in [6, 6.07) is 13.8. The number of carbonyl (C=O) groups excluding carboxylic acids is 1. The molecule has 0 radical (unpaired) electrons. The average Bonchev–Trinajstić information content (AvgIpc) is 2.66. The molecule has 0 fully saturated rings. The van der Waals surface area contributed by atoms with Crippen molar-refractivity contribution in [3.05, 3.63) is 59.7 Å². The Morgan fingerprint density at radius 2 is 1.78 bits per heavy atom. The Kier molecular flexibility index (Phi) is 7.78. The van der Waals surface area contributed by atoms with Crippen LogP contribution in [0.2, 0.25) is 0 Å². The number of hydrogen-bond donors (Lipinski definition) is 2. The van der Waals surface area contributed by atoms with Crippen LogP contribution >= 0.6 is 0 Å². The minimum absolute atomic E-state index is 0.0826. The first-order valence-electron chi connectivity index (χ1n) is 8.45. The van der Waals surface area contributed by atoms with E-state index in [9.17, 15) is 13.2 Å². The van der Waals surface area contributed by atoms with Crippen LogP contribution in [-0.2, 0) is 26.1 Å². The molecule has 0 aliphatic heterocycles. The molecule has 2 rings (SSSR count). The number of methoxy groups -OCH3 is 1. The van der Waals surface area contributed by atoms with Crippen molar-refractivity contribution in [3.63, 3.8) is 0 Å². The van der Waals surface area contributed by atoms with Gasteiger partial charge < -0.3 is 14.8 Å². The molecule has 0 bridgehead atoms. The van der Waals surface area contributed by atoms with Crippen molar-refractivity contribution in [1.29, 1.82) is 0 Å². The molecule has 2 aromatic carbocycles. The third kappa shape index (κ3) is 6.67. The summed E-state index contributed by atoms with van der Waals surface area (Å²) in [7, 11) is -2.06. The van der Waals surface area contributed by atoms with Crippen LogP contribution in [-0.4, -0.2) is 41.2 Å². The van der Waals surface area contributed by atoms with Crippen LogP contribution < -0.4 is 14.8 Å². The summed E-state index contributed by atoms with van der Waals surface area (Å²) >= 11 is 0. The zero-order valence-corrected chi connectivity index (χ0v) is 16.2. The number of nitrogens with one attached hydrogen (secondary N) is 2. The quantitative estimate of drug-likeness (QED) is 0.599. The van der Waals surface area contributed by atoms with Crippen molar-refractivity contribution in [2.75, 3.05) is 26.9 Å². The second-order valence-corrected chi connectivity index (χ2v) is 7.63. The number of carbonyl (C=O) groups is 1. The molecule has 7 nitrogen and oxygen atoms in total. The Morgan fingerprint density at radius 1 is 1.07 bits per heavy atom. The fourth-order valence-electron chi connectivity index (χ4n) is 2.26. The van der Waals surface area contributed by atoms with Gasteiger partial charge in [-0.3, -0.25) is 4.79 Å². The first-order valence-corrected chi connectivity index (χ1v) is 9.93. The maximum Gasteiger partial charge on any atom is 0.258 e. The van der Waals surface area contributed by atoms with Gasteiger partial charge in [0.25, 0.3) is 5.91 Å². The zero-order valence-electron chi connectivity index (χ0n) is 15.4. The molecule has 2 aromatic rings. The smallest absolute Gasteiger partial charge is 0.258 e. The largest absolute Gasteiger partial charge is 0.484 e. The van der Waals surface area contributed by atoms with Gasteiger partial charge in [-0.2, -0.15) is 0 Å². The SMILES string of the molecule is COCCNS(=O)(=O)c1ccc(CNC(=O)COc2ccccc2C)cc1. The molecule has 146 valence electrons. The second-order valence-electron chi connectivity index (χ2n) is 5.87. The maximum absolute atomic E-state index is 12.1. The van der Waals surface area contributed by atoms with Gasteiger partial charge in [0.15, 0.2) is 6.61 Å². The molecule has 0 aromatic heterocycles. The average molecular weight is 392 g/mol. The molecule has 0 spiro atoms. The van der Waals surface area contributed by atoms with Crippen LogP contribution in [0.25, 0.3) is 0 Å². The van der Waals surface area contributed by atoms with Crippen molar-refractivity contribution in [3.8, 4) is 5.75 Å². The minimum Gasteiger partial charge on any atom is -0.484 e. The molecule has 0 aliphatic rings. The summed E-state index contributed by atoms with van der Waals surface area (Å²) in [5, 5.41) is 2.74. The highest BCUT2D eigenvalue weighted by Crippen LogP contribution is 2.15. The van der Waals surface area contributed by atoms with E-state index in [0.29, 0.717) is 12.4 Å². The molecule has 1 amide bonds. The van der Waals surface area contributed by atoms with Gasteiger partial charge in [0.2, 0.25) is 10.0 Å². The van der Waals surface area contributed by atoms with Crippen LogP contribution in [0.4, 0.5) is 0 Å². The Hall–Kier alpha value is -2.42. The summed E-state index contributed by atoms with van der Waals surface area (Å²) in [5.74, 6) is 0.416. The topological polar surface area (TPSA) is 93.7 Å². The third-order valence-electron chi connectivity index (χ3n) is 3.77. The summed E-state index contributed by atoms with van der Waals surface area (Å²) in [6.45, 7) is 2.62. The number of hydrogen-bond acceptors (Lipinski definition) is 5. The maximum atomic E-state index is 12.1.